The number of likely N-dealkylation sites (N-methyl/N-ethyl adjacent to an activating group) is 1. The lowest BCUT2D eigenvalue weighted by Crippen LogP contribution is -2.46. The van der Waals surface area contributed by atoms with Crippen LogP contribution in [-0.4, -0.2) is 80.9 Å². The van der Waals surface area contributed by atoms with E-state index >= 15 is 0 Å². The lowest BCUT2D eigenvalue weighted by Gasteiger charge is -2.32. The average Bonchev–Trinajstić information content (AvgIpc) is 3.55. The third kappa shape index (κ3) is 4.84. The zero-order valence-electron chi connectivity index (χ0n) is 20.6. The van der Waals surface area contributed by atoms with Gasteiger partial charge in [-0.2, -0.15) is 5.10 Å². The zero-order valence-corrected chi connectivity index (χ0v) is 21.4. The second-order valence-electron chi connectivity index (χ2n) is 8.82. The van der Waals surface area contributed by atoms with Gasteiger partial charge in [0.15, 0.2) is 5.65 Å². The van der Waals surface area contributed by atoms with E-state index in [9.17, 15) is 9.90 Å². The molecule has 1 aliphatic rings. The number of carbonyl (C=O) groups excluding carboxylic acids is 1. The van der Waals surface area contributed by atoms with Gasteiger partial charge in [-0.05, 0) is 49.2 Å². The summed E-state index contributed by atoms with van der Waals surface area (Å²) in [6, 6.07) is 9.53. The van der Waals surface area contributed by atoms with Crippen LogP contribution in [0.25, 0.3) is 27.5 Å². The number of anilines is 1. The van der Waals surface area contributed by atoms with E-state index in [4.69, 9.17) is 9.97 Å². The molecule has 1 saturated heterocycles. The second-order valence-corrected chi connectivity index (χ2v) is 9.77. The van der Waals surface area contributed by atoms with Gasteiger partial charge in [0.05, 0.1) is 40.7 Å². The van der Waals surface area contributed by atoms with Crippen molar-refractivity contribution in [2.45, 2.75) is 26.3 Å². The maximum atomic E-state index is 13.2. The van der Waals surface area contributed by atoms with Crippen LogP contribution in [0.2, 0.25) is 0 Å². The molecule has 5 rings (SSSR count). The van der Waals surface area contributed by atoms with Gasteiger partial charge in [0.1, 0.15) is 5.82 Å². The summed E-state index contributed by atoms with van der Waals surface area (Å²) in [6.07, 6.45) is 4.76. The Morgan fingerprint density at radius 2 is 2.03 bits per heavy atom. The summed E-state index contributed by atoms with van der Waals surface area (Å²) in [6.45, 7) is 7.92. The summed E-state index contributed by atoms with van der Waals surface area (Å²) >= 11 is 1.64. The molecule has 0 spiro atoms. The largest absolute Gasteiger partial charge is 0.395 e. The van der Waals surface area contributed by atoms with Crippen molar-refractivity contribution in [1.29, 1.82) is 0 Å². The molecule has 9 nitrogen and oxygen atoms in total. The Kier molecular flexibility index (Phi) is 7.26. The van der Waals surface area contributed by atoms with Gasteiger partial charge in [-0.25, -0.2) is 14.5 Å². The Morgan fingerprint density at radius 3 is 2.69 bits per heavy atom. The molecule has 188 valence electrons. The number of nitrogens with one attached hydrogen (secondary N) is 1. The van der Waals surface area contributed by atoms with Crippen LogP contribution in [0.4, 0.5) is 5.82 Å². The van der Waals surface area contributed by atoms with Crippen molar-refractivity contribution in [1.82, 2.24) is 29.8 Å². The van der Waals surface area contributed by atoms with Gasteiger partial charge < -0.3 is 15.3 Å². The van der Waals surface area contributed by atoms with E-state index in [0.29, 0.717) is 23.4 Å². The molecule has 10 heteroatoms. The molecule has 1 fully saturated rings. The van der Waals surface area contributed by atoms with Crippen molar-refractivity contribution >= 4 is 28.7 Å². The summed E-state index contributed by atoms with van der Waals surface area (Å²) in [4.78, 5) is 28.4. The summed E-state index contributed by atoms with van der Waals surface area (Å²) in [5, 5.41) is 19.4. The second kappa shape index (κ2) is 10.7. The van der Waals surface area contributed by atoms with Crippen LogP contribution in [0.5, 0.6) is 0 Å². The van der Waals surface area contributed by atoms with Crippen LogP contribution >= 0.6 is 11.3 Å². The van der Waals surface area contributed by atoms with E-state index in [1.54, 1.807) is 28.1 Å². The number of carbonyl (C=O) groups is 1. The molecule has 0 aliphatic carbocycles. The number of aromatic nitrogens is 4. The molecule has 1 unspecified atom stereocenters. The Morgan fingerprint density at radius 1 is 1.19 bits per heavy atom. The number of fused-ring (bicyclic) bond motifs is 1. The third-order valence-corrected chi connectivity index (χ3v) is 7.60. The standard InChI is InChI=1S/C26H31N7O2S/c1-3-31(4-2)19(17-34)15-27-26(35)18-13-22(29-24(14-18)32-9-6-10-32)20-16-28-33-11-8-21(30-25(20)33)23-7-5-12-36-23/h5,7-8,11-14,16,19,34H,3-4,6,9-10,15,17H2,1-2H3,(H,27,35). The molecular weight excluding hydrogens is 474 g/mol. The van der Waals surface area contributed by atoms with Crippen molar-refractivity contribution < 1.29 is 9.90 Å². The normalized spacial score (nSPS) is 14.3. The van der Waals surface area contributed by atoms with Crippen LogP contribution in [0, 0.1) is 0 Å². The first-order valence-electron chi connectivity index (χ1n) is 12.4. The van der Waals surface area contributed by atoms with Crippen LogP contribution in [0.15, 0.2) is 48.1 Å². The topological polar surface area (TPSA) is 98.9 Å². The summed E-state index contributed by atoms with van der Waals surface area (Å²) < 4.78 is 1.74. The predicted molar refractivity (Wildman–Crippen MR) is 142 cm³/mol. The first kappa shape index (κ1) is 24.4. The Hall–Kier alpha value is -3.34. The predicted octanol–water partition coefficient (Wildman–Crippen LogP) is 3.16. The number of aliphatic hydroxyl groups is 1. The van der Waals surface area contributed by atoms with Crippen LogP contribution in [-0.2, 0) is 0 Å². The number of amides is 1. The molecule has 1 amide bonds. The fourth-order valence-corrected chi connectivity index (χ4v) is 5.16. The van der Waals surface area contributed by atoms with Gasteiger partial charge in [-0.1, -0.05) is 19.9 Å². The molecule has 4 aromatic heterocycles. The number of hydrogen-bond donors (Lipinski definition) is 2. The number of nitrogens with zero attached hydrogens (tertiary/aromatic N) is 6. The van der Waals surface area contributed by atoms with E-state index in [-0.39, 0.29) is 18.6 Å². The van der Waals surface area contributed by atoms with Gasteiger partial charge in [0, 0.05) is 31.4 Å². The van der Waals surface area contributed by atoms with Crippen molar-refractivity contribution in [2.24, 2.45) is 0 Å². The zero-order chi connectivity index (χ0) is 25.1. The average molecular weight is 506 g/mol. The van der Waals surface area contributed by atoms with Gasteiger partial charge in [0.2, 0.25) is 0 Å². The van der Waals surface area contributed by atoms with Crippen molar-refractivity contribution in [3.05, 3.63) is 53.7 Å². The summed E-state index contributed by atoms with van der Waals surface area (Å²) in [7, 11) is 0. The lowest BCUT2D eigenvalue weighted by molar-refractivity contribution is 0.0904. The third-order valence-electron chi connectivity index (χ3n) is 6.71. The first-order chi connectivity index (χ1) is 17.6. The van der Waals surface area contributed by atoms with Crippen molar-refractivity contribution in [3.63, 3.8) is 0 Å². The summed E-state index contributed by atoms with van der Waals surface area (Å²) in [5.74, 6) is 0.592. The van der Waals surface area contributed by atoms with E-state index < -0.39 is 0 Å². The maximum Gasteiger partial charge on any atom is 0.251 e. The molecule has 1 atom stereocenters. The molecule has 1 aliphatic heterocycles. The molecule has 0 aromatic carbocycles. The Bertz CT molecular complexity index is 1330. The number of hydrogen-bond acceptors (Lipinski definition) is 8. The lowest BCUT2D eigenvalue weighted by atomic mass is 10.1. The Labute approximate surface area is 214 Å². The number of pyridine rings is 1. The highest BCUT2D eigenvalue weighted by Gasteiger charge is 2.22. The van der Waals surface area contributed by atoms with Gasteiger partial charge in [-0.15, -0.1) is 11.3 Å². The van der Waals surface area contributed by atoms with E-state index in [0.717, 1.165) is 54.6 Å². The molecule has 4 aromatic rings. The minimum absolute atomic E-state index is 0.0107. The fourth-order valence-electron chi connectivity index (χ4n) is 4.47. The Balaban J connectivity index is 1.48. The minimum Gasteiger partial charge on any atom is -0.395 e. The quantitative estimate of drug-likeness (QED) is 0.342. The molecule has 0 bridgehead atoms. The monoisotopic (exact) mass is 505 g/mol. The van der Waals surface area contributed by atoms with E-state index in [1.807, 2.05) is 35.8 Å². The van der Waals surface area contributed by atoms with Gasteiger partial charge in [0.25, 0.3) is 5.91 Å². The molecule has 5 heterocycles. The molecule has 36 heavy (non-hydrogen) atoms. The SMILES string of the molecule is CCN(CC)C(CO)CNC(=O)c1cc(-c2cnn3ccc(-c4cccs4)nc23)nc(N2CCC2)c1. The number of aliphatic hydroxyl groups excluding tert-OH is 1. The molecular formula is C26H31N7O2S. The smallest absolute Gasteiger partial charge is 0.251 e. The van der Waals surface area contributed by atoms with E-state index in [2.05, 4.69) is 34.1 Å². The van der Waals surface area contributed by atoms with Crippen LogP contribution < -0.4 is 10.2 Å². The number of rotatable bonds is 10. The highest BCUT2D eigenvalue weighted by atomic mass is 32.1. The van der Waals surface area contributed by atoms with Crippen LogP contribution in [0.3, 0.4) is 0 Å². The number of thiophene rings is 1. The fraction of sp³-hybridized carbons (Fsp3) is 0.385. The maximum absolute atomic E-state index is 13.2. The highest BCUT2D eigenvalue weighted by Crippen LogP contribution is 2.30. The first-order valence-corrected chi connectivity index (χ1v) is 13.3. The van der Waals surface area contributed by atoms with E-state index in [1.165, 1.54) is 0 Å². The minimum atomic E-state index is -0.185. The molecule has 0 saturated carbocycles. The van der Waals surface area contributed by atoms with Crippen molar-refractivity contribution in [2.75, 3.05) is 44.2 Å². The summed E-state index contributed by atoms with van der Waals surface area (Å²) in [5.41, 5.74) is 3.55. The van der Waals surface area contributed by atoms with Crippen LogP contribution in [0.1, 0.15) is 30.6 Å². The highest BCUT2D eigenvalue weighted by molar-refractivity contribution is 7.13. The molecule has 2 N–H and O–H groups in total. The van der Waals surface area contributed by atoms with Crippen molar-refractivity contribution in [3.8, 4) is 21.8 Å². The molecule has 0 radical (unpaired) electrons. The van der Waals surface area contributed by atoms with Gasteiger partial charge in [-0.3, -0.25) is 9.69 Å². The van der Waals surface area contributed by atoms with Gasteiger partial charge >= 0.3 is 0 Å².